The number of hydrogen-bond acceptors (Lipinski definition) is 3. The maximum Gasteiger partial charge on any atom is 0.164 e. The van der Waals surface area contributed by atoms with Crippen molar-refractivity contribution in [3.8, 4) is 11.4 Å². The predicted octanol–water partition coefficient (Wildman–Crippen LogP) is 3.15. The van der Waals surface area contributed by atoms with E-state index in [4.69, 9.17) is 23.2 Å². The molecule has 0 aliphatic rings. The van der Waals surface area contributed by atoms with E-state index in [0.29, 0.717) is 21.7 Å². The van der Waals surface area contributed by atoms with Crippen LogP contribution in [-0.4, -0.2) is 19.9 Å². The zero-order valence-corrected chi connectivity index (χ0v) is 11.4. The first kappa shape index (κ1) is 13.3. The van der Waals surface area contributed by atoms with Gasteiger partial charge >= 0.3 is 0 Å². The fraction of sp³-hybridized carbons (Fsp3) is 0.333. The quantitative estimate of drug-likeness (QED) is 0.939. The van der Waals surface area contributed by atoms with Crippen LogP contribution in [0, 0.1) is 0 Å². The number of benzene rings is 1. The van der Waals surface area contributed by atoms with Gasteiger partial charge in [-0.3, -0.25) is 0 Å². The summed E-state index contributed by atoms with van der Waals surface area (Å²) in [6, 6.07) is 5.32. The number of rotatable bonds is 4. The zero-order chi connectivity index (χ0) is 13.1. The molecule has 96 valence electrons. The SMILES string of the molecule is CCCn1c(CO)nnc1-c1ccc(Cl)c(Cl)c1. The molecule has 0 saturated heterocycles. The second kappa shape index (κ2) is 5.69. The van der Waals surface area contributed by atoms with Crippen LogP contribution in [0.1, 0.15) is 19.2 Å². The van der Waals surface area contributed by atoms with Crippen LogP contribution in [0.5, 0.6) is 0 Å². The fourth-order valence-electron chi connectivity index (χ4n) is 1.76. The van der Waals surface area contributed by atoms with E-state index in [-0.39, 0.29) is 6.61 Å². The summed E-state index contributed by atoms with van der Waals surface area (Å²) in [5, 5.41) is 18.3. The van der Waals surface area contributed by atoms with Gasteiger partial charge in [0.15, 0.2) is 11.6 Å². The molecule has 0 atom stereocenters. The monoisotopic (exact) mass is 285 g/mol. The summed E-state index contributed by atoms with van der Waals surface area (Å²) in [5.41, 5.74) is 0.838. The molecule has 1 N–H and O–H groups in total. The highest BCUT2D eigenvalue weighted by Crippen LogP contribution is 2.28. The van der Waals surface area contributed by atoms with Crippen LogP contribution in [0.15, 0.2) is 18.2 Å². The van der Waals surface area contributed by atoms with E-state index >= 15 is 0 Å². The molecule has 2 rings (SSSR count). The first-order valence-corrected chi connectivity index (χ1v) is 6.41. The number of aliphatic hydroxyl groups is 1. The van der Waals surface area contributed by atoms with Crippen LogP contribution >= 0.6 is 23.2 Å². The van der Waals surface area contributed by atoms with Gasteiger partial charge in [-0.15, -0.1) is 10.2 Å². The van der Waals surface area contributed by atoms with E-state index in [1.807, 2.05) is 10.6 Å². The number of nitrogens with zero attached hydrogens (tertiary/aromatic N) is 3. The molecule has 2 aromatic rings. The highest BCUT2D eigenvalue weighted by Gasteiger charge is 2.13. The smallest absolute Gasteiger partial charge is 0.164 e. The molecule has 1 heterocycles. The summed E-state index contributed by atoms with van der Waals surface area (Å²) in [6.45, 7) is 2.67. The van der Waals surface area contributed by atoms with Crippen LogP contribution in [0.4, 0.5) is 0 Å². The van der Waals surface area contributed by atoms with Crippen molar-refractivity contribution in [1.82, 2.24) is 14.8 Å². The van der Waals surface area contributed by atoms with Gasteiger partial charge < -0.3 is 9.67 Å². The number of aliphatic hydroxyl groups excluding tert-OH is 1. The van der Waals surface area contributed by atoms with E-state index in [1.54, 1.807) is 12.1 Å². The van der Waals surface area contributed by atoms with Gasteiger partial charge in [0.05, 0.1) is 10.0 Å². The van der Waals surface area contributed by atoms with Crippen LogP contribution in [-0.2, 0) is 13.2 Å². The molecule has 0 aliphatic heterocycles. The van der Waals surface area contributed by atoms with Crippen molar-refractivity contribution < 1.29 is 5.11 Å². The highest BCUT2D eigenvalue weighted by atomic mass is 35.5. The molecular weight excluding hydrogens is 273 g/mol. The molecule has 0 spiro atoms. The van der Waals surface area contributed by atoms with Gasteiger partial charge in [-0.25, -0.2) is 0 Å². The Morgan fingerprint density at radius 2 is 2.00 bits per heavy atom. The molecule has 0 saturated carbocycles. The minimum atomic E-state index is -0.131. The normalized spacial score (nSPS) is 10.9. The lowest BCUT2D eigenvalue weighted by molar-refractivity contribution is 0.264. The van der Waals surface area contributed by atoms with Crippen molar-refractivity contribution in [2.45, 2.75) is 26.5 Å². The van der Waals surface area contributed by atoms with Crippen molar-refractivity contribution >= 4 is 23.2 Å². The summed E-state index contributed by atoms with van der Waals surface area (Å²) >= 11 is 11.9. The molecule has 0 aliphatic carbocycles. The maximum atomic E-state index is 9.23. The summed E-state index contributed by atoms with van der Waals surface area (Å²) in [5.74, 6) is 1.25. The van der Waals surface area contributed by atoms with E-state index in [9.17, 15) is 5.11 Å². The molecule has 1 aromatic heterocycles. The second-order valence-electron chi connectivity index (χ2n) is 3.88. The fourth-order valence-corrected chi connectivity index (χ4v) is 2.06. The summed E-state index contributed by atoms with van der Waals surface area (Å²) in [7, 11) is 0. The van der Waals surface area contributed by atoms with E-state index in [1.165, 1.54) is 0 Å². The third-order valence-corrected chi connectivity index (χ3v) is 3.33. The molecule has 4 nitrogen and oxygen atoms in total. The summed E-state index contributed by atoms with van der Waals surface area (Å²) in [4.78, 5) is 0. The van der Waals surface area contributed by atoms with Crippen LogP contribution < -0.4 is 0 Å². The topological polar surface area (TPSA) is 50.9 Å². The lowest BCUT2D eigenvalue weighted by atomic mass is 10.2. The van der Waals surface area contributed by atoms with Crippen molar-refractivity contribution in [3.05, 3.63) is 34.1 Å². The van der Waals surface area contributed by atoms with Crippen molar-refractivity contribution in [2.75, 3.05) is 0 Å². The number of halogens is 2. The van der Waals surface area contributed by atoms with Crippen LogP contribution in [0.2, 0.25) is 10.0 Å². The third-order valence-electron chi connectivity index (χ3n) is 2.59. The minimum absolute atomic E-state index is 0.131. The first-order valence-electron chi connectivity index (χ1n) is 5.65. The van der Waals surface area contributed by atoms with E-state index < -0.39 is 0 Å². The molecule has 0 unspecified atom stereocenters. The Kier molecular flexibility index (Phi) is 4.22. The highest BCUT2D eigenvalue weighted by molar-refractivity contribution is 6.42. The van der Waals surface area contributed by atoms with Crippen LogP contribution in [0.25, 0.3) is 11.4 Å². The Morgan fingerprint density at radius 1 is 1.22 bits per heavy atom. The van der Waals surface area contributed by atoms with Crippen molar-refractivity contribution in [1.29, 1.82) is 0 Å². The predicted molar refractivity (Wildman–Crippen MR) is 71.7 cm³/mol. The average molecular weight is 286 g/mol. The van der Waals surface area contributed by atoms with Gasteiger partial charge in [0, 0.05) is 12.1 Å². The van der Waals surface area contributed by atoms with Crippen LogP contribution in [0.3, 0.4) is 0 Å². The van der Waals surface area contributed by atoms with E-state index in [2.05, 4.69) is 17.1 Å². The standard InChI is InChI=1S/C12H13Cl2N3O/c1-2-5-17-11(7-18)15-16-12(17)8-3-4-9(13)10(14)6-8/h3-4,6,18H,2,5,7H2,1H3. The first-order chi connectivity index (χ1) is 8.67. The molecule has 1 aromatic carbocycles. The van der Waals surface area contributed by atoms with Gasteiger partial charge in [0.25, 0.3) is 0 Å². The summed E-state index contributed by atoms with van der Waals surface area (Å²) < 4.78 is 1.89. The molecule has 18 heavy (non-hydrogen) atoms. The lowest BCUT2D eigenvalue weighted by Gasteiger charge is -2.08. The average Bonchev–Trinajstić information content (AvgIpc) is 2.76. The number of aromatic nitrogens is 3. The Balaban J connectivity index is 2.49. The summed E-state index contributed by atoms with van der Waals surface area (Å²) in [6.07, 6.45) is 0.930. The van der Waals surface area contributed by atoms with Gasteiger partial charge in [-0.05, 0) is 24.6 Å². The van der Waals surface area contributed by atoms with E-state index in [0.717, 1.165) is 18.5 Å². The van der Waals surface area contributed by atoms with Gasteiger partial charge in [-0.2, -0.15) is 0 Å². The maximum absolute atomic E-state index is 9.23. The molecule has 0 amide bonds. The van der Waals surface area contributed by atoms with Gasteiger partial charge in [0.2, 0.25) is 0 Å². The van der Waals surface area contributed by atoms with Crippen molar-refractivity contribution in [3.63, 3.8) is 0 Å². The Bertz CT molecular complexity index is 554. The molecular formula is C12H13Cl2N3O. The third kappa shape index (κ3) is 2.51. The largest absolute Gasteiger partial charge is 0.388 e. The van der Waals surface area contributed by atoms with Gasteiger partial charge in [0.1, 0.15) is 6.61 Å². The number of hydrogen-bond donors (Lipinski definition) is 1. The Labute approximate surface area is 115 Å². The molecule has 0 bridgehead atoms. The second-order valence-corrected chi connectivity index (χ2v) is 4.69. The van der Waals surface area contributed by atoms with Crippen molar-refractivity contribution in [2.24, 2.45) is 0 Å². The zero-order valence-electron chi connectivity index (χ0n) is 9.90. The molecule has 6 heteroatoms. The van der Waals surface area contributed by atoms with Gasteiger partial charge in [-0.1, -0.05) is 30.1 Å². The minimum Gasteiger partial charge on any atom is -0.388 e. The Hall–Kier alpha value is -1.10. The molecule has 0 radical (unpaired) electrons. The molecule has 0 fully saturated rings. The lowest BCUT2D eigenvalue weighted by Crippen LogP contribution is -2.05. The Morgan fingerprint density at radius 3 is 2.61 bits per heavy atom.